The molecule has 1 rings (SSSR count). The molecular weight excluding hydrogens is 254 g/mol. The number of ether oxygens (including phenoxy) is 1. The normalized spacial score (nSPS) is 12.2. The van der Waals surface area contributed by atoms with E-state index in [1.165, 1.54) is 0 Å². The van der Waals surface area contributed by atoms with E-state index in [9.17, 15) is 4.79 Å². The monoisotopic (exact) mass is 271 g/mol. The Morgan fingerprint density at radius 1 is 1.56 bits per heavy atom. The topological polar surface area (TPSA) is 64.1 Å². The van der Waals surface area contributed by atoms with Crippen molar-refractivity contribution in [1.82, 2.24) is 15.5 Å². The quantitative estimate of drug-likeness (QED) is 0.793. The van der Waals surface area contributed by atoms with Gasteiger partial charge >= 0.3 is 0 Å². The fourth-order valence-electron chi connectivity index (χ4n) is 1.51. The lowest BCUT2D eigenvalue weighted by molar-refractivity contribution is 0.0947. The molecule has 0 aliphatic carbocycles. The van der Waals surface area contributed by atoms with Gasteiger partial charge in [-0.25, -0.2) is 0 Å². The van der Waals surface area contributed by atoms with Gasteiger partial charge in [-0.3, -0.25) is 4.79 Å². The average Bonchev–Trinajstić information content (AvgIpc) is 2.36. The van der Waals surface area contributed by atoms with Gasteiger partial charge in [0.25, 0.3) is 5.91 Å². The van der Waals surface area contributed by atoms with Crippen LogP contribution in [0.5, 0.6) is 0 Å². The third-order valence-corrected chi connectivity index (χ3v) is 2.68. The lowest BCUT2D eigenvalue weighted by atomic mass is 10.1. The van der Waals surface area contributed by atoms with Crippen LogP contribution in [-0.2, 0) is 11.2 Å². The SMILES string of the molecule is CCc1nnc(C)cc1C(=O)NCC(Cl)COC. The largest absolute Gasteiger partial charge is 0.383 e. The van der Waals surface area contributed by atoms with E-state index in [1.807, 2.05) is 6.92 Å². The molecule has 0 radical (unpaired) electrons. The number of carbonyl (C=O) groups is 1. The molecule has 0 bridgehead atoms. The van der Waals surface area contributed by atoms with Crippen LogP contribution in [0.2, 0.25) is 0 Å². The average molecular weight is 272 g/mol. The summed E-state index contributed by atoms with van der Waals surface area (Å²) >= 11 is 5.95. The summed E-state index contributed by atoms with van der Waals surface area (Å²) in [6, 6.07) is 1.74. The van der Waals surface area contributed by atoms with E-state index in [0.29, 0.717) is 30.8 Å². The molecule has 1 aromatic heterocycles. The molecule has 18 heavy (non-hydrogen) atoms. The summed E-state index contributed by atoms with van der Waals surface area (Å²) in [7, 11) is 1.57. The van der Waals surface area contributed by atoms with Crippen LogP contribution < -0.4 is 5.32 Å². The molecule has 0 aliphatic heterocycles. The molecule has 0 spiro atoms. The number of amides is 1. The van der Waals surface area contributed by atoms with Gasteiger partial charge in [0.2, 0.25) is 0 Å². The number of hydrogen-bond acceptors (Lipinski definition) is 4. The minimum atomic E-state index is -0.236. The number of alkyl halides is 1. The highest BCUT2D eigenvalue weighted by Crippen LogP contribution is 2.07. The Morgan fingerprint density at radius 2 is 2.28 bits per heavy atom. The van der Waals surface area contributed by atoms with E-state index in [-0.39, 0.29) is 11.3 Å². The molecule has 1 heterocycles. The van der Waals surface area contributed by atoms with Crippen LogP contribution in [-0.4, -0.2) is 41.7 Å². The fourth-order valence-corrected chi connectivity index (χ4v) is 1.71. The van der Waals surface area contributed by atoms with Crippen molar-refractivity contribution in [3.8, 4) is 0 Å². The summed E-state index contributed by atoms with van der Waals surface area (Å²) < 4.78 is 4.90. The highest BCUT2D eigenvalue weighted by molar-refractivity contribution is 6.21. The lowest BCUT2D eigenvalue weighted by Gasteiger charge is -2.11. The maximum Gasteiger partial charge on any atom is 0.253 e. The van der Waals surface area contributed by atoms with Crippen LogP contribution in [0, 0.1) is 6.92 Å². The minimum absolute atomic E-state index is 0.174. The van der Waals surface area contributed by atoms with Crippen molar-refractivity contribution in [2.24, 2.45) is 0 Å². The Morgan fingerprint density at radius 3 is 2.89 bits per heavy atom. The van der Waals surface area contributed by atoms with Crippen LogP contribution in [0.25, 0.3) is 0 Å². The van der Waals surface area contributed by atoms with Crippen molar-refractivity contribution in [2.45, 2.75) is 25.6 Å². The second-order valence-electron chi connectivity index (χ2n) is 3.96. The minimum Gasteiger partial charge on any atom is -0.383 e. The van der Waals surface area contributed by atoms with E-state index in [1.54, 1.807) is 20.1 Å². The molecule has 0 saturated carbocycles. The Hall–Kier alpha value is -1.20. The maximum atomic E-state index is 12.0. The van der Waals surface area contributed by atoms with E-state index in [2.05, 4.69) is 15.5 Å². The Balaban J connectivity index is 2.68. The first kappa shape index (κ1) is 14.9. The fraction of sp³-hybridized carbons (Fsp3) is 0.583. The zero-order chi connectivity index (χ0) is 13.5. The first-order chi connectivity index (χ1) is 8.58. The number of aryl methyl sites for hydroxylation is 2. The molecule has 1 amide bonds. The first-order valence-electron chi connectivity index (χ1n) is 5.82. The second kappa shape index (κ2) is 7.28. The smallest absolute Gasteiger partial charge is 0.253 e. The number of carbonyl (C=O) groups excluding carboxylic acids is 1. The summed E-state index contributed by atoms with van der Waals surface area (Å²) in [6.07, 6.45) is 0.665. The molecule has 1 N–H and O–H groups in total. The zero-order valence-electron chi connectivity index (χ0n) is 10.9. The second-order valence-corrected chi connectivity index (χ2v) is 4.58. The molecule has 1 aromatic rings. The predicted molar refractivity (Wildman–Crippen MR) is 70.0 cm³/mol. The van der Waals surface area contributed by atoms with E-state index < -0.39 is 0 Å². The van der Waals surface area contributed by atoms with Crippen molar-refractivity contribution in [1.29, 1.82) is 0 Å². The van der Waals surface area contributed by atoms with Crippen molar-refractivity contribution in [2.75, 3.05) is 20.3 Å². The third kappa shape index (κ3) is 4.23. The van der Waals surface area contributed by atoms with Gasteiger partial charge in [-0.05, 0) is 19.4 Å². The number of halogens is 1. The van der Waals surface area contributed by atoms with Gasteiger partial charge in [0.1, 0.15) is 0 Å². The number of rotatable bonds is 6. The van der Waals surface area contributed by atoms with Crippen LogP contribution >= 0.6 is 11.6 Å². The Labute approximate surface area is 112 Å². The summed E-state index contributed by atoms with van der Waals surface area (Å²) in [6.45, 7) is 4.50. The van der Waals surface area contributed by atoms with Crippen LogP contribution in [0.1, 0.15) is 28.7 Å². The highest BCUT2D eigenvalue weighted by Gasteiger charge is 2.14. The first-order valence-corrected chi connectivity index (χ1v) is 6.26. The van der Waals surface area contributed by atoms with Gasteiger partial charge < -0.3 is 10.1 Å². The van der Waals surface area contributed by atoms with Crippen molar-refractivity contribution in [3.05, 3.63) is 23.0 Å². The van der Waals surface area contributed by atoms with E-state index in [0.717, 1.165) is 5.69 Å². The number of nitrogens with zero attached hydrogens (tertiary/aromatic N) is 2. The highest BCUT2D eigenvalue weighted by atomic mass is 35.5. The summed E-state index contributed by atoms with van der Waals surface area (Å²) in [5, 5.41) is 10.5. The van der Waals surface area contributed by atoms with Crippen molar-refractivity contribution < 1.29 is 9.53 Å². The Bertz CT molecular complexity index is 412. The van der Waals surface area contributed by atoms with Gasteiger partial charge in [-0.15, -0.1) is 11.6 Å². The standard InChI is InChI=1S/C12H18ClN3O2/c1-4-11-10(5-8(2)15-16-11)12(17)14-6-9(13)7-18-3/h5,9H,4,6-7H2,1-3H3,(H,14,17). The predicted octanol–water partition coefficient (Wildman–Crippen LogP) is 1.33. The number of methoxy groups -OCH3 is 1. The molecule has 0 aliphatic rings. The zero-order valence-corrected chi connectivity index (χ0v) is 11.6. The van der Waals surface area contributed by atoms with Crippen LogP contribution in [0.4, 0.5) is 0 Å². The maximum absolute atomic E-state index is 12.0. The van der Waals surface area contributed by atoms with Gasteiger partial charge in [0.15, 0.2) is 0 Å². The van der Waals surface area contributed by atoms with Gasteiger partial charge in [-0.2, -0.15) is 10.2 Å². The molecular formula is C12H18ClN3O2. The van der Waals surface area contributed by atoms with Gasteiger partial charge in [0, 0.05) is 13.7 Å². The molecule has 6 heteroatoms. The number of nitrogens with one attached hydrogen (secondary N) is 1. The molecule has 5 nitrogen and oxygen atoms in total. The molecule has 1 atom stereocenters. The summed E-state index contributed by atoms with van der Waals surface area (Å²) in [4.78, 5) is 12.0. The lowest BCUT2D eigenvalue weighted by Crippen LogP contribution is -2.32. The van der Waals surface area contributed by atoms with E-state index in [4.69, 9.17) is 16.3 Å². The van der Waals surface area contributed by atoms with Gasteiger partial charge in [0.05, 0.1) is 28.9 Å². The van der Waals surface area contributed by atoms with Crippen LogP contribution in [0.15, 0.2) is 6.07 Å². The third-order valence-electron chi connectivity index (χ3n) is 2.40. The van der Waals surface area contributed by atoms with Crippen molar-refractivity contribution in [3.63, 3.8) is 0 Å². The molecule has 1 unspecified atom stereocenters. The van der Waals surface area contributed by atoms with Crippen LogP contribution in [0.3, 0.4) is 0 Å². The number of hydrogen-bond donors (Lipinski definition) is 1. The summed E-state index contributed by atoms with van der Waals surface area (Å²) in [5.74, 6) is -0.174. The molecule has 0 fully saturated rings. The molecule has 100 valence electrons. The summed E-state index contributed by atoms with van der Waals surface area (Å²) in [5.41, 5.74) is 1.97. The molecule has 0 aromatic carbocycles. The van der Waals surface area contributed by atoms with Gasteiger partial charge in [-0.1, -0.05) is 6.92 Å². The van der Waals surface area contributed by atoms with E-state index >= 15 is 0 Å². The van der Waals surface area contributed by atoms with Crippen molar-refractivity contribution >= 4 is 17.5 Å². The number of aromatic nitrogens is 2. The Kier molecular flexibility index (Phi) is 6.01. The molecule has 0 saturated heterocycles.